The molecule has 2 aliphatic rings. The Hall–Kier alpha value is -2.50. The van der Waals surface area contributed by atoms with Gasteiger partial charge in [0.2, 0.25) is 10.0 Å². The van der Waals surface area contributed by atoms with Crippen LogP contribution in [0, 0.1) is 11.6 Å². The summed E-state index contributed by atoms with van der Waals surface area (Å²) in [5.41, 5.74) is 1.20. The number of hydrogen-bond acceptors (Lipinski definition) is 4. The zero-order valence-corrected chi connectivity index (χ0v) is 19.1. The monoisotopic (exact) mass is 500 g/mol. The number of rotatable bonds is 6. The smallest absolute Gasteiger partial charge is 0.283 e. The number of halogens is 4. The Kier molecular flexibility index (Phi) is 6.71. The van der Waals surface area contributed by atoms with Crippen molar-refractivity contribution in [2.75, 3.05) is 19.4 Å². The Balaban J connectivity index is 1.68. The SMILES string of the molecule is CS(=O)(=O)N[C@@H]1[C@H](Cc2cccc(-c3cc(F)cc(F)c3)c2)N(C(=O)[C@H]2CCCO2)CC1(F)F. The van der Waals surface area contributed by atoms with E-state index < -0.39 is 58.2 Å². The second kappa shape index (κ2) is 9.27. The van der Waals surface area contributed by atoms with E-state index in [9.17, 15) is 30.8 Å². The lowest BCUT2D eigenvalue weighted by atomic mass is 9.96. The van der Waals surface area contributed by atoms with Gasteiger partial charge >= 0.3 is 0 Å². The zero-order valence-electron chi connectivity index (χ0n) is 18.3. The summed E-state index contributed by atoms with van der Waals surface area (Å²) in [5.74, 6) is -5.64. The van der Waals surface area contributed by atoms with Gasteiger partial charge in [-0.05, 0) is 48.1 Å². The van der Waals surface area contributed by atoms with E-state index in [0.717, 1.165) is 29.4 Å². The van der Waals surface area contributed by atoms with Crippen molar-refractivity contribution in [1.82, 2.24) is 9.62 Å². The van der Waals surface area contributed by atoms with Crippen LogP contribution in [0.3, 0.4) is 0 Å². The molecule has 0 spiro atoms. The van der Waals surface area contributed by atoms with Crippen LogP contribution in [-0.4, -0.2) is 62.7 Å². The van der Waals surface area contributed by atoms with Gasteiger partial charge in [-0.25, -0.2) is 30.7 Å². The van der Waals surface area contributed by atoms with Gasteiger partial charge < -0.3 is 9.64 Å². The first-order valence-electron chi connectivity index (χ1n) is 10.8. The van der Waals surface area contributed by atoms with E-state index >= 15 is 0 Å². The Morgan fingerprint density at radius 1 is 1.15 bits per heavy atom. The second-order valence-electron chi connectivity index (χ2n) is 8.73. The molecule has 2 fully saturated rings. The summed E-state index contributed by atoms with van der Waals surface area (Å²) in [6.07, 6.45) is 0.856. The van der Waals surface area contributed by atoms with Gasteiger partial charge in [0.25, 0.3) is 11.8 Å². The molecule has 184 valence electrons. The van der Waals surface area contributed by atoms with Crippen LogP contribution in [-0.2, 0) is 26.0 Å². The third-order valence-corrected chi connectivity index (χ3v) is 6.70. The van der Waals surface area contributed by atoms with Gasteiger partial charge in [-0.15, -0.1) is 0 Å². The second-order valence-corrected chi connectivity index (χ2v) is 10.5. The van der Waals surface area contributed by atoms with Crippen LogP contribution in [0.1, 0.15) is 18.4 Å². The van der Waals surface area contributed by atoms with Crippen molar-refractivity contribution in [2.24, 2.45) is 0 Å². The molecule has 2 aliphatic heterocycles. The molecule has 2 heterocycles. The van der Waals surface area contributed by atoms with Crippen LogP contribution in [0.15, 0.2) is 42.5 Å². The van der Waals surface area contributed by atoms with Crippen molar-refractivity contribution < 1.29 is 35.5 Å². The molecule has 2 aromatic carbocycles. The molecular formula is C23H24F4N2O4S. The van der Waals surface area contributed by atoms with Gasteiger partial charge in [0.05, 0.1) is 18.8 Å². The number of ether oxygens (including phenoxy) is 1. The van der Waals surface area contributed by atoms with Crippen molar-refractivity contribution in [1.29, 1.82) is 0 Å². The Labute approximate surface area is 194 Å². The maximum absolute atomic E-state index is 15.0. The molecule has 1 N–H and O–H groups in total. The van der Waals surface area contributed by atoms with Gasteiger partial charge in [0.15, 0.2) is 0 Å². The standard InChI is InChI=1S/C23H24F4N2O4S/c1-34(31,32)28-21-19(29(13-23(21,26)27)22(30)20-6-3-7-33-20)9-14-4-2-5-15(8-14)16-10-17(24)12-18(25)11-16/h2,4-5,8,10-12,19-21,28H,3,6-7,9,13H2,1H3/t19-,20+,21+/m0/s1. The van der Waals surface area contributed by atoms with Gasteiger partial charge in [-0.1, -0.05) is 24.3 Å². The zero-order chi connectivity index (χ0) is 24.7. The van der Waals surface area contributed by atoms with Crippen LogP contribution in [0.5, 0.6) is 0 Å². The molecule has 6 nitrogen and oxygen atoms in total. The number of benzene rings is 2. The van der Waals surface area contributed by atoms with Gasteiger partial charge in [0, 0.05) is 12.7 Å². The minimum Gasteiger partial charge on any atom is -0.368 e. The quantitative estimate of drug-likeness (QED) is 0.619. The molecule has 0 unspecified atom stereocenters. The van der Waals surface area contributed by atoms with Crippen LogP contribution < -0.4 is 4.72 Å². The largest absolute Gasteiger partial charge is 0.368 e. The molecule has 4 rings (SSSR count). The van der Waals surface area contributed by atoms with E-state index in [2.05, 4.69) is 0 Å². The first kappa shape index (κ1) is 24.6. The van der Waals surface area contributed by atoms with E-state index in [1.807, 2.05) is 4.72 Å². The Bertz CT molecular complexity index is 1160. The number of nitrogens with one attached hydrogen (secondary N) is 1. The summed E-state index contributed by atoms with van der Waals surface area (Å²) >= 11 is 0. The summed E-state index contributed by atoms with van der Waals surface area (Å²) in [4.78, 5) is 14.0. The van der Waals surface area contributed by atoms with Crippen molar-refractivity contribution >= 4 is 15.9 Å². The number of likely N-dealkylation sites (tertiary alicyclic amines) is 1. The van der Waals surface area contributed by atoms with E-state index in [-0.39, 0.29) is 12.0 Å². The third-order valence-electron chi connectivity index (χ3n) is 6.02. The number of amides is 1. The van der Waals surface area contributed by atoms with E-state index in [1.54, 1.807) is 24.3 Å². The summed E-state index contributed by atoms with van der Waals surface area (Å²) in [6.45, 7) is -0.596. The molecule has 2 aromatic rings. The number of nitrogens with zero attached hydrogens (tertiary/aromatic N) is 1. The lowest BCUT2D eigenvalue weighted by Gasteiger charge is -2.29. The highest BCUT2D eigenvalue weighted by molar-refractivity contribution is 7.88. The van der Waals surface area contributed by atoms with Crippen molar-refractivity contribution in [3.05, 3.63) is 59.7 Å². The maximum atomic E-state index is 15.0. The molecular weight excluding hydrogens is 476 g/mol. The number of carbonyl (C=O) groups excluding carboxylic acids is 1. The van der Waals surface area contributed by atoms with Gasteiger partial charge in [0.1, 0.15) is 23.8 Å². The van der Waals surface area contributed by atoms with Crippen LogP contribution in [0.25, 0.3) is 11.1 Å². The van der Waals surface area contributed by atoms with Crippen molar-refractivity contribution in [3.63, 3.8) is 0 Å². The minimum absolute atomic E-state index is 0.104. The third kappa shape index (κ3) is 5.42. The fourth-order valence-corrected chi connectivity index (χ4v) is 5.36. The van der Waals surface area contributed by atoms with E-state index in [1.165, 1.54) is 0 Å². The molecule has 34 heavy (non-hydrogen) atoms. The number of alkyl halides is 2. The van der Waals surface area contributed by atoms with Crippen LogP contribution in [0.2, 0.25) is 0 Å². The molecule has 0 aliphatic carbocycles. The topological polar surface area (TPSA) is 75.7 Å². The van der Waals surface area contributed by atoms with Crippen LogP contribution >= 0.6 is 0 Å². The predicted octanol–water partition coefficient (Wildman–Crippen LogP) is 3.12. The first-order chi connectivity index (χ1) is 15.9. The summed E-state index contributed by atoms with van der Waals surface area (Å²) in [5, 5.41) is 0. The van der Waals surface area contributed by atoms with Crippen molar-refractivity contribution in [2.45, 2.75) is 43.4 Å². The highest BCUT2D eigenvalue weighted by Gasteiger charge is 2.57. The molecule has 0 radical (unpaired) electrons. The van der Waals surface area contributed by atoms with Gasteiger partial charge in [-0.2, -0.15) is 0 Å². The summed E-state index contributed by atoms with van der Waals surface area (Å²) < 4.78 is 88.4. The number of hydrogen-bond donors (Lipinski definition) is 1. The van der Waals surface area contributed by atoms with Crippen molar-refractivity contribution in [3.8, 4) is 11.1 Å². The fraction of sp³-hybridized carbons (Fsp3) is 0.435. The lowest BCUT2D eigenvalue weighted by Crippen LogP contribution is -2.52. The summed E-state index contributed by atoms with van der Waals surface area (Å²) in [6, 6.07) is 6.42. The molecule has 11 heteroatoms. The molecule has 2 saturated heterocycles. The van der Waals surface area contributed by atoms with E-state index in [4.69, 9.17) is 4.74 Å². The highest BCUT2D eigenvalue weighted by Crippen LogP contribution is 2.36. The number of sulfonamides is 1. The first-order valence-corrected chi connectivity index (χ1v) is 12.6. The number of carbonyl (C=O) groups is 1. The van der Waals surface area contributed by atoms with Crippen LogP contribution in [0.4, 0.5) is 17.6 Å². The van der Waals surface area contributed by atoms with E-state index in [0.29, 0.717) is 30.6 Å². The Morgan fingerprint density at radius 3 is 2.47 bits per heavy atom. The molecule has 0 bridgehead atoms. The molecule has 1 amide bonds. The average Bonchev–Trinajstić information content (AvgIpc) is 3.35. The maximum Gasteiger partial charge on any atom is 0.283 e. The average molecular weight is 501 g/mol. The minimum atomic E-state index is -4.02. The summed E-state index contributed by atoms with van der Waals surface area (Å²) in [7, 11) is -4.02. The highest BCUT2D eigenvalue weighted by atomic mass is 32.2. The molecule has 0 saturated carbocycles. The lowest BCUT2D eigenvalue weighted by molar-refractivity contribution is -0.143. The normalized spacial score (nSPS) is 24.5. The predicted molar refractivity (Wildman–Crippen MR) is 117 cm³/mol. The van der Waals surface area contributed by atoms with Gasteiger partial charge in [-0.3, -0.25) is 4.79 Å². The molecule has 0 aromatic heterocycles. The Morgan fingerprint density at radius 2 is 1.85 bits per heavy atom. The fourth-order valence-electron chi connectivity index (χ4n) is 4.57. The molecule has 3 atom stereocenters.